The van der Waals surface area contributed by atoms with Crippen LogP contribution < -0.4 is 29.6 Å². The molecule has 0 amide bonds. The van der Waals surface area contributed by atoms with Crippen LogP contribution in [-0.4, -0.2) is 29.7 Å². The van der Waals surface area contributed by atoms with Crippen LogP contribution in [0.1, 0.15) is 1.43 Å². The molecule has 0 aromatic heterocycles. The summed E-state index contributed by atoms with van der Waals surface area (Å²) < 4.78 is 28.4. The van der Waals surface area contributed by atoms with Crippen molar-refractivity contribution < 1.29 is 44.0 Å². The average molecular weight is 212 g/mol. The fraction of sp³-hybridized carbons (Fsp3) is 1.00. The molecule has 0 aliphatic rings. The van der Waals surface area contributed by atoms with Crippen LogP contribution >= 0.6 is 25.3 Å². The van der Waals surface area contributed by atoms with Crippen LogP contribution in [0.4, 0.5) is 0 Å². The molecule has 0 aliphatic heterocycles. The van der Waals surface area contributed by atoms with Gasteiger partial charge in [-0.05, 0) is 0 Å². The normalized spacial score (nSPS) is 13.9. The first-order valence-electron chi connectivity index (χ1n) is 2.20. The van der Waals surface area contributed by atoms with Gasteiger partial charge in [0.1, 0.15) is 0 Å². The molecular weight excluding hydrogens is 203 g/mol. The first kappa shape index (κ1) is 14.2. The maximum absolute atomic E-state index is 10.1. The van der Waals surface area contributed by atoms with Gasteiger partial charge in [-0.15, -0.1) is 0 Å². The van der Waals surface area contributed by atoms with Gasteiger partial charge in [-0.3, -0.25) is 4.55 Å². The van der Waals surface area contributed by atoms with E-state index in [1.165, 1.54) is 0 Å². The molecule has 0 rings (SSSR count). The second-order valence-corrected chi connectivity index (χ2v) is 4.18. The third-order valence-corrected chi connectivity index (χ3v) is 2.78. The van der Waals surface area contributed by atoms with Crippen molar-refractivity contribution in [3.63, 3.8) is 0 Å². The Hall–Kier alpha value is 1.61. The van der Waals surface area contributed by atoms with E-state index in [1.54, 1.807) is 0 Å². The van der Waals surface area contributed by atoms with Crippen LogP contribution in [0, 0.1) is 0 Å². The number of thiol groups is 2. The first-order valence-corrected chi connectivity index (χ1v) is 4.95. The van der Waals surface area contributed by atoms with Crippen LogP contribution in [0.25, 0.3) is 0 Å². The fourth-order valence-corrected chi connectivity index (χ4v) is 1.77. The summed E-state index contributed by atoms with van der Waals surface area (Å²) in [6, 6.07) is 0. The van der Waals surface area contributed by atoms with Gasteiger partial charge >= 0.3 is 29.6 Å². The predicted octanol–water partition coefficient (Wildman–Crippen LogP) is -2.78. The quantitative estimate of drug-likeness (QED) is 0.269. The Bertz CT molecular complexity index is 171. The molecule has 0 saturated heterocycles. The van der Waals surface area contributed by atoms with Crippen molar-refractivity contribution in [2.24, 2.45) is 0 Å². The van der Waals surface area contributed by atoms with Crippen LogP contribution in [0.15, 0.2) is 0 Å². The summed E-state index contributed by atoms with van der Waals surface area (Å²) in [5.41, 5.74) is 0. The molecule has 0 heterocycles. The van der Waals surface area contributed by atoms with Gasteiger partial charge in [0, 0.05) is 11.0 Å². The molecule has 0 saturated carbocycles. The van der Waals surface area contributed by atoms with E-state index in [2.05, 4.69) is 25.3 Å². The summed E-state index contributed by atoms with van der Waals surface area (Å²) in [7, 11) is -3.86. The first-order chi connectivity index (χ1) is 3.95. The molecular formula is C3H9NaO3S3. The van der Waals surface area contributed by atoms with Crippen molar-refractivity contribution in [1.29, 1.82) is 0 Å². The molecule has 0 aromatic rings. The minimum Gasteiger partial charge on any atom is -1.00 e. The zero-order valence-electron chi connectivity index (χ0n) is 6.56. The van der Waals surface area contributed by atoms with E-state index in [0.29, 0.717) is 5.75 Å². The Morgan fingerprint density at radius 2 is 2.00 bits per heavy atom. The van der Waals surface area contributed by atoms with Crippen molar-refractivity contribution >= 4 is 35.4 Å². The van der Waals surface area contributed by atoms with Gasteiger partial charge in [-0.1, -0.05) is 0 Å². The van der Waals surface area contributed by atoms with Crippen molar-refractivity contribution in [2.45, 2.75) is 5.25 Å². The number of hydrogen-bond acceptors (Lipinski definition) is 4. The maximum atomic E-state index is 10.1. The molecule has 0 unspecified atom stereocenters. The number of hydrogen-bond donors (Lipinski definition) is 3. The van der Waals surface area contributed by atoms with Crippen LogP contribution in [-0.2, 0) is 10.1 Å². The Balaban J connectivity index is -0.000000320. The van der Waals surface area contributed by atoms with Gasteiger partial charge in [0.25, 0.3) is 10.1 Å². The molecule has 1 N–H and O–H groups in total. The van der Waals surface area contributed by atoms with E-state index in [-0.39, 0.29) is 42.0 Å². The van der Waals surface area contributed by atoms with Crippen molar-refractivity contribution in [2.75, 3.05) is 11.5 Å². The van der Waals surface area contributed by atoms with Crippen molar-refractivity contribution in [3.05, 3.63) is 0 Å². The summed E-state index contributed by atoms with van der Waals surface area (Å²) >= 11 is 7.58. The molecule has 3 nitrogen and oxygen atoms in total. The fourth-order valence-electron chi connectivity index (χ4n) is 0.296. The zero-order chi connectivity index (χ0) is 7.49. The largest absolute Gasteiger partial charge is 1.00 e. The smallest absolute Gasteiger partial charge is 1.00 e. The molecule has 0 bridgehead atoms. The van der Waals surface area contributed by atoms with Crippen molar-refractivity contribution in [3.8, 4) is 0 Å². The van der Waals surface area contributed by atoms with E-state index < -0.39 is 10.1 Å². The third kappa shape index (κ3) is 9.61. The monoisotopic (exact) mass is 212 g/mol. The molecule has 58 valence electrons. The summed E-state index contributed by atoms with van der Waals surface area (Å²) in [6.07, 6.45) is 0. The molecule has 0 aromatic carbocycles. The SMILES string of the molecule is O=S(=O)(O)C[C@@H](S)CS.[H-].[Na+]. The zero-order valence-corrected chi connectivity index (χ0v) is 10.2. The van der Waals surface area contributed by atoms with E-state index in [4.69, 9.17) is 4.55 Å². The molecule has 10 heavy (non-hydrogen) atoms. The second kappa shape index (κ2) is 6.16. The molecule has 1 atom stereocenters. The van der Waals surface area contributed by atoms with E-state index >= 15 is 0 Å². The Morgan fingerprint density at radius 3 is 2.10 bits per heavy atom. The standard InChI is InChI=1S/C3H8O3S3.Na.H/c4-9(5,6)2-3(8)1-7;;/h3,7-8H,1-2H2,(H,4,5,6);;/q;+1;-1/t3-;;/m0../s1. The van der Waals surface area contributed by atoms with Gasteiger partial charge in [-0.2, -0.15) is 33.7 Å². The van der Waals surface area contributed by atoms with Crippen molar-refractivity contribution in [1.82, 2.24) is 0 Å². The van der Waals surface area contributed by atoms with Gasteiger partial charge < -0.3 is 1.43 Å². The third-order valence-electron chi connectivity index (χ3n) is 0.614. The van der Waals surface area contributed by atoms with Gasteiger partial charge in [-0.25, -0.2) is 0 Å². The van der Waals surface area contributed by atoms with Crippen LogP contribution in [0.2, 0.25) is 0 Å². The topological polar surface area (TPSA) is 54.4 Å². The van der Waals surface area contributed by atoms with Gasteiger partial charge in [0.2, 0.25) is 0 Å². The molecule has 0 spiro atoms. The Labute approximate surface area is 95.3 Å². The summed E-state index contributed by atoms with van der Waals surface area (Å²) in [5.74, 6) is 0.00249. The van der Waals surface area contributed by atoms with Crippen LogP contribution in [0.5, 0.6) is 0 Å². The van der Waals surface area contributed by atoms with Gasteiger partial charge in [0.05, 0.1) is 5.75 Å². The number of rotatable bonds is 3. The van der Waals surface area contributed by atoms with Crippen LogP contribution in [0.3, 0.4) is 0 Å². The summed E-state index contributed by atoms with van der Waals surface area (Å²) in [6.45, 7) is 0. The average Bonchev–Trinajstić information content (AvgIpc) is 1.62. The Kier molecular flexibility index (Phi) is 8.72. The maximum Gasteiger partial charge on any atom is 1.00 e. The van der Waals surface area contributed by atoms with E-state index in [1.807, 2.05) is 0 Å². The molecule has 0 radical (unpaired) electrons. The Morgan fingerprint density at radius 1 is 1.60 bits per heavy atom. The van der Waals surface area contributed by atoms with Gasteiger partial charge in [0.15, 0.2) is 0 Å². The second-order valence-electron chi connectivity index (χ2n) is 1.58. The van der Waals surface area contributed by atoms with E-state index in [0.717, 1.165) is 0 Å². The molecule has 0 aliphatic carbocycles. The minimum absolute atomic E-state index is 0. The predicted molar refractivity (Wildman–Crippen MR) is 44.2 cm³/mol. The molecule has 0 fully saturated rings. The summed E-state index contributed by atoms with van der Waals surface area (Å²) in [5, 5.41) is -0.386. The minimum atomic E-state index is -3.86. The molecule has 7 heteroatoms. The summed E-state index contributed by atoms with van der Waals surface area (Å²) in [4.78, 5) is 0. The van der Waals surface area contributed by atoms with E-state index in [9.17, 15) is 8.42 Å².